The van der Waals surface area contributed by atoms with Gasteiger partial charge in [-0.2, -0.15) is 0 Å². The smallest absolute Gasteiger partial charge is 0.290 e. The predicted octanol–water partition coefficient (Wildman–Crippen LogP) is 2.86. The van der Waals surface area contributed by atoms with Gasteiger partial charge in [0.15, 0.2) is 5.75 Å². The second kappa shape index (κ2) is 8.78. The number of hydrogen-bond donors (Lipinski definition) is 3. The molecule has 1 aliphatic rings. The van der Waals surface area contributed by atoms with E-state index in [1.54, 1.807) is 37.6 Å². The van der Waals surface area contributed by atoms with Crippen LogP contribution in [-0.2, 0) is 14.1 Å². The second-order valence-corrected chi connectivity index (χ2v) is 9.39. The molecule has 0 radical (unpaired) electrons. The molecule has 2 aromatic heterocycles. The molecular weight excluding hydrogens is 442 g/mol. The van der Waals surface area contributed by atoms with Crippen molar-refractivity contribution in [1.82, 2.24) is 14.3 Å². The molecule has 9 nitrogen and oxygen atoms in total. The predicted molar refractivity (Wildman–Crippen MR) is 130 cm³/mol. The molecule has 0 bridgehead atoms. The molecule has 0 saturated heterocycles. The summed E-state index contributed by atoms with van der Waals surface area (Å²) < 4.78 is 2.46. The number of benzene rings is 1. The molecular formula is C23H27N5O4S. The van der Waals surface area contributed by atoms with Gasteiger partial charge in [0.25, 0.3) is 17.0 Å². The Kier molecular flexibility index (Phi) is 6.03. The number of para-hydroxylation sites is 1. The highest BCUT2D eigenvalue weighted by Crippen LogP contribution is 2.44. The molecule has 3 aromatic rings. The van der Waals surface area contributed by atoms with E-state index in [0.717, 1.165) is 17.7 Å². The summed E-state index contributed by atoms with van der Waals surface area (Å²) in [7, 11) is 6.21. The summed E-state index contributed by atoms with van der Waals surface area (Å²) >= 11 is 1.60. The molecule has 1 saturated carbocycles. The number of nitrogens with one attached hydrogen (secondary N) is 2. The van der Waals surface area contributed by atoms with Crippen molar-refractivity contribution in [3.05, 3.63) is 66.9 Å². The zero-order valence-electron chi connectivity index (χ0n) is 19.0. The van der Waals surface area contributed by atoms with E-state index in [1.165, 1.54) is 34.4 Å². The Bertz CT molecular complexity index is 1310. The standard InChI is InChI=1S/C23H27N5O4S/c1-26(2)21(30)14-7-5-8-15(20(14)29)24-18-19(23(32)28(4)27(3)22(18)31)25-17(13-10-11-13)16-9-6-12-33-16/h5-9,12-13,17,24-25,29H,10-11H2,1-4H3. The fraction of sp³-hybridized carbons (Fsp3) is 0.348. The molecule has 2 heterocycles. The Labute approximate surface area is 194 Å². The van der Waals surface area contributed by atoms with Crippen molar-refractivity contribution in [3.63, 3.8) is 0 Å². The highest BCUT2D eigenvalue weighted by Gasteiger charge is 2.34. The van der Waals surface area contributed by atoms with Gasteiger partial charge in [-0.1, -0.05) is 12.1 Å². The number of carbonyl (C=O) groups excluding carboxylic acids is 1. The third-order valence-corrected chi connectivity index (χ3v) is 6.85. The molecule has 0 spiro atoms. The minimum absolute atomic E-state index is 0.0209. The van der Waals surface area contributed by atoms with Crippen LogP contribution in [0, 0.1) is 5.92 Å². The summed E-state index contributed by atoms with van der Waals surface area (Å²) in [5, 5.41) is 19.0. The molecule has 1 fully saturated rings. The zero-order valence-corrected chi connectivity index (χ0v) is 19.8. The van der Waals surface area contributed by atoms with Crippen molar-refractivity contribution < 1.29 is 9.90 Å². The van der Waals surface area contributed by atoms with E-state index in [-0.39, 0.29) is 45.9 Å². The van der Waals surface area contributed by atoms with E-state index in [4.69, 9.17) is 0 Å². The fourth-order valence-electron chi connectivity index (χ4n) is 3.73. The number of phenols is 1. The third kappa shape index (κ3) is 4.25. The number of carbonyl (C=O) groups is 1. The maximum atomic E-state index is 13.2. The molecule has 33 heavy (non-hydrogen) atoms. The van der Waals surface area contributed by atoms with E-state index >= 15 is 0 Å². The number of phenolic OH excluding ortho intramolecular Hbond substituents is 1. The van der Waals surface area contributed by atoms with Crippen molar-refractivity contribution in [1.29, 1.82) is 0 Å². The summed E-state index contributed by atoms with van der Waals surface area (Å²) in [4.78, 5) is 41.3. The molecule has 10 heteroatoms. The summed E-state index contributed by atoms with van der Waals surface area (Å²) in [6.45, 7) is 0. The van der Waals surface area contributed by atoms with Crippen molar-refractivity contribution in [2.45, 2.75) is 18.9 Å². The van der Waals surface area contributed by atoms with Crippen LogP contribution in [0.4, 0.5) is 17.1 Å². The van der Waals surface area contributed by atoms with Crippen LogP contribution in [-0.4, -0.2) is 39.4 Å². The Morgan fingerprint density at radius 1 is 1.09 bits per heavy atom. The SMILES string of the molecule is CN(C)C(=O)c1cccc(Nc2c(NC(c3cccs3)C3CC3)c(=O)n(C)n(C)c2=O)c1O. The lowest BCUT2D eigenvalue weighted by Gasteiger charge is -2.22. The Morgan fingerprint density at radius 3 is 2.33 bits per heavy atom. The molecule has 1 aliphatic carbocycles. The minimum Gasteiger partial charge on any atom is -0.505 e. The van der Waals surface area contributed by atoms with Gasteiger partial charge in [0.2, 0.25) is 0 Å². The van der Waals surface area contributed by atoms with Gasteiger partial charge in [-0.15, -0.1) is 11.3 Å². The Hall–Kier alpha value is -3.53. The summed E-state index contributed by atoms with van der Waals surface area (Å²) in [6, 6.07) is 8.55. The average molecular weight is 470 g/mol. The lowest BCUT2D eigenvalue weighted by molar-refractivity contribution is 0.0824. The van der Waals surface area contributed by atoms with E-state index in [1.807, 2.05) is 17.5 Å². The highest BCUT2D eigenvalue weighted by molar-refractivity contribution is 7.10. The first-order chi connectivity index (χ1) is 15.7. The van der Waals surface area contributed by atoms with E-state index in [0.29, 0.717) is 5.92 Å². The van der Waals surface area contributed by atoms with Gasteiger partial charge in [-0.05, 0) is 42.3 Å². The number of rotatable bonds is 7. The van der Waals surface area contributed by atoms with Gasteiger partial charge in [0, 0.05) is 33.1 Å². The average Bonchev–Trinajstić information content (AvgIpc) is 3.49. The summed E-state index contributed by atoms with van der Waals surface area (Å²) in [5.41, 5.74) is -0.405. The normalized spacial score (nSPS) is 14.1. The second-order valence-electron chi connectivity index (χ2n) is 8.41. The van der Waals surface area contributed by atoms with Crippen LogP contribution in [0.3, 0.4) is 0 Å². The first-order valence-electron chi connectivity index (χ1n) is 10.6. The van der Waals surface area contributed by atoms with Crippen LogP contribution < -0.4 is 21.8 Å². The lowest BCUT2D eigenvalue weighted by Crippen LogP contribution is -2.38. The zero-order chi connectivity index (χ0) is 23.9. The number of aromatic hydroxyl groups is 1. The Balaban J connectivity index is 1.81. The van der Waals surface area contributed by atoms with Crippen LogP contribution in [0.25, 0.3) is 0 Å². The van der Waals surface area contributed by atoms with Crippen LogP contribution >= 0.6 is 11.3 Å². The minimum atomic E-state index is -0.441. The number of hydrogen-bond acceptors (Lipinski definition) is 7. The molecule has 1 unspecified atom stereocenters. The first-order valence-corrected chi connectivity index (χ1v) is 11.5. The molecule has 174 valence electrons. The topological polar surface area (TPSA) is 109 Å². The molecule has 0 aliphatic heterocycles. The van der Waals surface area contributed by atoms with Crippen LogP contribution in [0.1, 0.15) is 34.1 Å². The maximum Gasteiger partial charge on any atom is 0.290 e. The van der Waals surface area contributed by atoms with E-state index < -0.39 is 5.56 Å². The van der Waals surface area contributed by atoms with Crippen LogP contribution in [0.15, 0.2) is 45.3 Å². The molecule has 1 atom stereocenters. The number of thiophene rings is 1. The highest BCUT2D eigenvalue weighted by atomic mass is 32.1. The van der Waals surface area contributed by atoms with Crippen LogP contribution in [0.5, 0.6) is 5.75 Å². The van der Waals surface area contributed by atoms with Crippen molar-refractivity contribution in [2.75, 3.05) is 24.7 Å². The van der Waals surface area contributed by atoms with Crippen LogP contribution in [0.2, 0.25) is 0 Å². The van der Waals surface area contributed by atoms with Crippen molar-refractivity contribution >= 4 is 34.3 Å². The van der Waals surface area contributed by atoms with Gasteiger partial charge >= 0.3 is 0 Å². The molecule has 1 amide bonds. The first kappa shape index (κ1) is 22.7. The summed E-state index contributed by atoms with van der Waals surface area (Å²) in [6.07, 6.45) is 2.08. The number of anilines is 3. The summed E-state index contributed by atoms with van der Waals surface area (Å²) in [5.74, 6) is -0.292. The van der Waals surface area contributed by atoms with Gasteiger partial charge in [0.1, 0.15) is 11.4 Å². The lowest BCUT2D eigenvalue weighted by atomic mass is 10.1. The van der Waals surface area contributed by atoms with Crippen molar-refractivity contribution in [3.8, 4) is 5.75 Å². The van der Waals surface area contributed by atoms with Gasteiger partial charge < -0.3 is 20.6 Å². The fourth-order valence-corrected chi connectivity index (χ4v) is 4.60. The number of amides is 1. The van der Waals surface area contributed by atoms with Gasteiger partial charge in [-0.25, -0.2) is 9.36 Å². The van der Waals surface area contributed by atoms with E-state index in [2.05, 4.69) is 10.6 Å². The monoisotopic (exact) mass is 469 g/mol. The quantitative estimate of drug-likeness (QED) is 0.459. The maximum absolute atomic E-state index is 13.2. The van der Waals surface area contributed by atoms with Gasteiger partial charge in [0.05, 0.1) is 17.3 Å². The van der Waals surface area contributed by atoms with Crippen molar-refractivity contribution in [2.24, 2.45) is 20.0 Å². The van der Waals surface area contributed by atoms with Gasteiger partial charge in [-0.3, -0.25) is 14.4 Å². The molecule has 3 N–H and O–H groups in total. The Morgan fingerprint density at radius 2 is 1.76 bits per heavy atom. The molecule has 1 aromatic carbocycles. The number of aromatic nitrogens is 2. The third-order valence-electron chi connectivity index (χ3n) is 5.89. The molecule has 4 rings (SSSR count). The largest absolute Gasteiger partial charge is 0.505 e. The number of nitrogens with zero attached hydrogens (tertiary/aromatic N) is 3. The van der Waals surface area contributed by atoms with E-state index in [9.17, 15) is 19.5 Å².